The van der Waals surface area contributed by atoms with Crippen LogP contribution in [0.4, 0.5) is 17.1 Å². The number of amides is 2. The van der Waals surface area contributed by atoms with Crippen LogP contribution in [0, 0.1) is 10.1 Å². The number of nitro groups is 1. The molecule has 2 fully saturated rings. The van der Waals surface area contributed by atoms with E-state index in [1.165, 1.54) is 12.1 Å². The number of anilines is 2. The molecule has 1 heterocycles. The number of hydrogen-bond donors (Lipinski definition) is 3. The number of rotatable bonds is 8. The number of nitrogens with zero attached hydrogens (tertiary/aromatic N) is 1. The fraction of sp³-hybridized carbons (Fsp3) is 0.364. The fourth-order valence-electron chi connectivity index (χ4n) is 3.49. The first-order valence-electron chi connectivity index (χ1n) is 10.4. The number of hydrogen-bond acceptors (Lipinski definition) is 6. The molecule has 1 unspecified atom stereocenters. The zero-order valence-electron chi connectivity index (χ0n) is 16.9. The first-order chi connectivity index (χ1) is 15.0. The zero-order valence-corrected chi connectivity index (χ0v) is 16.9. The molecule has 1 saturated carbocycles. The van der Waals surface area contributed by atoms with Gasteiger partial charge in [-0.3, -0.25) is 19.7 Å². The van der Waals surface area contributed by atoms with E-state index in [1.54, 1.807) is 30.3 Å². The van der Waals surface area contributed by atoms with Crippen LogP contribution in [0.1, 0.15) is 46.4 Å². The largest absolute Gasteiger partial charge is 0.377 e. The minimum atomic E-state index is -0.527. The van der Waals surface area contributed by atoms with Crippen LogP contribution >= 0.6 is 0 Å². The van der Waals surface area contributed by atoms with Crippen LogP contribution in [0.5, 0.6) is 0 Å². The summed E-state index contributed by atoms with van der Waals surface area (Å²) in [5.74, 6) is -0.846. The summed E-state index contributed by atoms with van der Waals surface area (Å²) in [4.78, 5) is 36.3. The molecule has 9 nitrogen and oxygen atoms in total. The Hall–Kier alpha value is -3.46. The number of carbonyl (C=O) groups is 2. The van der Waals surface area contributed by atoms with Crippen molar-refractivity contribution in [1.82, 2.24) is 5.32 Å². The summed E-state index contributed by atoms with van der Waals surface area (Å²) < 4.78 is 5.52. The van der Waals surface area contributed by atoms with Crippen molar-refractivity contribution in [3.05, 3.63) is 63.7 Å². The molecule has 1 aliphatic carbocycles. The van der Waals surface area contributed by atoms with Crippen molar-refractivity contribution in [1.29, 1.82) is 0 Å². The van der Waals surface area contributed by atoms with Gasteiger partial charge in [-0.2, -0.15) is 0 Å². The van der Waals surface area contributed by atoms with E-state index in [0.29, 0.717) is 30.1 Å². The summed E-state index contributed by atoms with van der Waals surface area (Å²) in [6, 6.07) is 11.2. The molecule has 2 amide bonds. The molecular formula is C22H24N4O5. The highest BCUT2D eigenvalue weighted by atomic mass is 16.6. The fourth-order valence-corrected chi connectivity index (χ4v) is 3.49. The Kier molecular flexibility index (Phi) is 6.13. The lowest BCUT2D eigenvalue weighted by atomic mass is 10.1. The second kappa shape index (κ2) is 9.13. The molecule has 2 aromatic rings. The number of nitro benzene ring substituents is 1. The molecule has 31 heavy (non-hydrogen) atoms. The van der Waals surface area contributed by atoms with Crippen LogP contribution in [0.3, 0.4) is 0 Å². The quantitative estimate of drug-likeness (QED) is 0.441. The molecule has 2 aromatic carbocycles. The van der Waals surface area contributed by atoms with Crippen molar-refractivity contribution < 1.29 is 19.2 Å². The van der Waals surface area contributed by atoms with E-state index >= 15 is 0 Å². The summed E-state index contributed by atoms with van der Waals surface area (Å²) in [5, 5.41) is 20.1. The van der Waals surface area contributed by atoms with Gasteiger partial charge < -0.3 is 20.7 Å². The maximum atomic E-state index is 12.8. The van der Waals surface area contributed by atoms with Crippen LogP contribution in [-0.4, -0.2) is 42.0 Å². The van der Waals surface area contributed by atoms with Crippen LogP contribution in [0.15, 0.2) is 42.5 Å². The summed E-state index contributed by atoms with van der Waals surface area (Å²) in [7, 11) is 0. The second-order valence-electron chi connectivity index (χ2n) is 7.75. The molecule has 4 rings (SSSR count). The maximum Gasteiger partial charge on any atom is 0.293 e. The first-order valence-corrected chi connectivity index (χ1v) is 10.4. The molecule has 9 heteroatoms. The molecule has 162 valence electrons. The van der Waals surface area contributed by atoms with Gasteiger partial charge >= 0.3 is 0 Å². The van der Waals surface area contributed by atoms with Gasteiger partial charge in [0.1, 0.15) is 5.69 Å². The maximum absolute atomic E-state index is 12.8. The second-order valence-corrected chi connectivity index (χ2v) is 7.75. The molecule has 2 aliphatic rings. The van der Waals surface area contributed by atoms with Crippen LogP contribution in [0.2, 0.25) is 0 Å². The third kappa shape index (κ3) is 5.18. The van der Waals surface area contributed by atoms with Crippen LogP contribution in [-0.2, 0) is 4.74 Å². The topological polar surface area (TPSA) is 123 Å². The molecule has 3 N–H and O–H groups in total. The minimum absolute atomic E-state index is 0.00835. The standard InChI is InChI=1S/C22H24N4O5/c27-21(14-7-10-19(24-15-8-9-15)20(12-14)26(29)30)25-18-6-2-1-5-17(18)22(28)23-13-16-4-3-11-31-16/h1-2,5-7,10,12,15-16,24H,3-4,8-9,11,13H2,(H,23,28)(H,25,27). The molecule has 0 bridgehead atoms. The molecule has 1 atom stereocenters. The van der Waals surface area contributed by atoms with Gasteiger partial charge in [-0.1, -0.05) is 12.1 Å². The number of benzene rings is 2. The van der Waals surface area contributed by atoms with E-state index in [1.807, 2.05) is 0 Å². The highest BCUT2D eigenvalue weighted by molar-refractivity contribution is 6.09. The average molecular weight is 424 g/mol. The summed E-state index contributed by atoms with van der Waals surface area (Å²) >= 11 is 0. The van der Waals surface area contributed by atoms with Crippen molar-refractivity contribution in [2.45, 2.75) is 37.8 Å². The normalized spacial score (nSPS) is 17.7. The average Bonchev–Trinajstić information content (AvgIpc) is 3.43. The van der Waals surface area contributed by atoms with Gasteiger partial charge in [0.05, 0.1) is 22.3 Å². The van der Waals surface area contributed by atoms with Crippen molar-refractivity contribution >= 4 is 28.9 Å². The molecule has 0 radical (unpaired) electrons. The van der Waals surface area contributed by atoms with Gasteiger partial charge in [-0.15, -0.1) is 0 Å². The Labute approximate surface area is 179 Å². The highest BCUT2D eigenvalue weighted by Gasteiger charge is 2.26. The minimum Gasteiger partial charge on any atom is -0.377 e. The highest BCUT2D eigenvalue weighted by Crippen LogP contribution is 2.31. The number of nitrogens with one attached hydrogen (secondary N) is 3. The van der Waals surface area contributed by atoms with Gasteiger partial charge in [0, 0.05) is 30.8 Å². The lowest BCUT2D eigenvalue weighted by Crippen LogP contribution is -2.32. The third-order valence-corrected chi connectivity index (χ3v) is 5.33. The van der Waals surface area contributed by atoms with Gasteiger partial charge in [0.25, 0.3) is 17.5 Å². The van der Waals surface area contributed by atoms with Crippen LogP contribution < -0.4 is 16.0 Å². The summed E-state index contributed by atoms with van der Waals surface area (Å²) in [6.45, 7) is 1.11. The van der Waals surface area contributed by atoms with Crippen molar-refractivity contribution in [2.24, 2.45) is 0 Å². The van der Waals surface area contributed by atoms with E-state index in [-0.39, 0.29) is 29.3 Å². The smallest absolute Gasteiger partial charge is 0.293 e. The number of carbonyl (C=O) groups excluding carboxylic acids is 2. The van der Waals surface area contributed by atoms with Gasteiger partial charge in [-0.25, -0.2) is 0 Å². The van der Waals surface area contributed by atoms with Crippen molar-refractivity contribution in [3.63, 3.8) is 0 Å². The predicted octanol–water partition coefficient (Wildman–Crippen LogP) is 3.33. The molecular weight excluding hydrogens is 400 g/mol. The van der Waals surface area contributed by atoms with E-state index in [0.717, 1.165) is 25.7 Å². The summed E-state index contributed by atoms with van der Waals surface area (Å²) in [6.07, 6.45) is 3.85. The monoisotopic (exact) mass is 424 g/mol. The number of ether oxygens (including phenoxy) is 1. The van der Waals surface area contributed by atoms with Crippen molar-refractivity contribution in [2.75, 3.05) is 23.8 Å². The zero-order chi connectivity index (χ0) is 21.8. The molecule has 1 aliphatic heterocycles. The first kappa shape index (κ1) is 20.8. The van der Waals surface area contributed by atoms with Crippen LogP contribution in [0.25, 0.3) is 0 Å². The van der Waals surface area contributed by atoms with Gasteiger partial charge in [0.2, 0.25) is 0 Å². The van der Waals surface area contributed by atoms with E-state index < -0.39 is 10.8 Å². The molecule has 0 aromatic heterocycles. The Morgan fingerprint density at radius 2 is 1.87 bits per heavy atom. The van der Waals surface area contributed by atoms with Gasteiger partial charge in [0.15, 0.2) is 0 Å². The Bertz CT molecular complexity index is 999. The lowest BCUT2D eigenvalue weighted by Gasteiger charge is -2.14. The molecule has 0 spiro atoms. The number of para-hydroxylation sites is 1. The SMILES string of the molecule is O=C(Nc1ccccc1C(=O)NCC1CCCO1)c1ccc(NC2CC2)c([N+](=O)[O-])c1. The Morgan fingerprint density at radius 3 is 2.58 bits per heavy atom. The third-order valence-electron chi connectivity index (χ3n) is 5.33. The predicted molar refractivity (Wildman–Crippen MR) is 115 cm³/mol. The van der Waals surface area contributed by atoms with Gasteiger partial charge in [-0.05, 0) is 49.9 Å². The molecule has 1 saturated heterocycles. The lowest BCUT2D eigenvalue weighted by molar-refractivity contribution is -0.384. The van der Waals surface area contributed by atoms with E-state index in [4.69, 9.17) is 4.74 Å². The van der Waals surface area contributed by atoms with Crippen molar-refractivity contribution in [3.8, 4) is 0 Å². The Morgan fingerprint density at radius 1 is 1.06 bits per heavy atom. The summed E-state index contributed by atoms with van der Waals surface area (Å²) in [5.41, 5.74) is 1.04. The van der Waals surface area contributed by atoms with E-state index in [9.17, 15) is 19.7 Å². The van der Waals surface area contributed by atoms with E-state index in [2.05, 4.69) is 16.0 Å². The Balaban J connectivity index is 1.47.